The lowest BCUT2D eigenvalue weighted by molar-refractivity contribution is 0.169. The van der Waals surface area contributed by atoms with E-state index in [1.807, 2.05) is 20.9 Å². The molecule has 1 aromatic rings. The minimum atomic E-state index is -3.18. The van der Waals surface area contributed by atoms with E-state index in [9.17, 15) is 13.2 Å². The van der Waals surface area contributed by atoms with Crippen LogP contribution in [0.4, 0.5) is 4.79 Å². The Bertz CT molecular complexity index is 662. The van der Waals surface area contributed by atoms with Crippen LogP contribution in [0.25, 0.3) is 0 Å². The number of hydrogen-bond acceptors (Lipinski definition) is 4. The van der Waals surface area contributed by atoms with Gasteiger partial charge in [-0.25, -0.2) is 13.2 Å². The van der Waals surface area contributed by atoms with Crippen molar-refractivity contribution in [2.45, 2.75) is 26.8 Å². The van der Waals surface area contributed by atoms with Crippen molar-refractivity contribution in [1.29, 1.82) is 0 Å². The quantitative estimate of drug-likeness (QED) is 0.861. The Kier molecular flexibility index (Phi) is 5.30. The van der Waals surface area contributed by atoms with E-state index < -0.39 is 10.0 Å². The molecule has 1 aliphatic rings. The Morgan fingerprint density at radius 2 is 1.96 bits per heavy atom. The SMILES string of the molecule is CCS(=O)(=O)N1CCN(C(=O)NC(C)c2cnn(C)c2C)CC1. The predicted octanol–water partition coefficient (Wildman–Crippen LogP) is 0.466. The molecule has 1 saturated heterocycles. The van der Waals surface area contributed by atoms with Gasteiger partial charge in [-0.2, -0.15) is 9.40 Å². The third-order valence-electron chi connectivity index (χ3n) is 4.36. The first-order chi connectivity index (χ1) is 10.8. The van der Waals surface area contributed by atoms with Crippen molar-refractivity contribution in [2.24, 2.45) is 7.05 Å². The van der Waals surface area contributed by atoms with Gasteiger partial charge in [0.1, 0.15) is 0 Å². The second kappa shape index (κ2) is 6.88. The smallest absolute Gasteiger partial charge is 0.317 e. The Morgan fingerprint density at radius 3 is 2.43 bits per heavy atom. The van der Waals surface area contributed by atoms with E-state index in [0.29, 0.717) is 26.2 Å². The second-order valence-electron chi connectivity index (χ2n) is 5.77. The molecule has 23 heavy (non-hydrogen) atoms. The molecular formula is C14H25N5O3S. The molecule has 1 aliphatic heterocycles. The van der Waals surface area contributed by atoms with Crippen LogP contribution in [0.3, 0.4) is 0 Å². The number of sulfonamides is 1. The van der Waals surface area contributed by atoms with Crippen LogP contribution in [0.2, 0.25) is 0 Å². The summed E-state index contributed by atoms with van der Waals surface area (Å²) in [7, 11) is -1.31. The number of carbonyl (C=O) groups excluding carboxylic acids is 1. The average Bonchev–Trinajstić information content (AvgIpc) is 2.87. The molecule has 0 saturated carbocycles. The summed E-state index contributed by atoms with van der Waals surface area (Å²) in [4.78, 5) is 14.0. The molecule has 9 heteroatoms. The zero-order valence-corrected chi connectivity index (χ0v) is 14.9. The molecule has 2 rings (SSSR count). The van der Waals surface area contributed by atoms with Gasteiger partial charge in [0, 0.05) is 44.5 Å². The van der Waals surface area contributed by atoms with E-state index in [4.69, 9.17) is 0 Å². The van der Waals surface area contributed by atoms with E-state index in [1.165, 1.54) is 4.31 Å². The van der Waals surface area contributed by atoms with E-state index >= 15 is 0 Å². The van der Waals surface area contributed by atoms with Crippen LogP contribution in [0.1, 0.15) is 31.1 Å². The van der Waals surface area contributed by atoms with Crippen LogP contribution in [0, 0.1) is 6.92 Å². The molecule has 0 bridgehead atoms. The number of amides is 2. The Morgan fingerprint density at radius 1 is 1.35 bits per heavy atom. The predicted molar refractivity (Wildman–Crippen MR) is 87.5 cm³/mol. The molecule has 1 atom stereocenters. The zero-order chi connectivity index (χ0) is 17.2. The van der Waals surface area contributed by atoms with Gasteiger partial charge in [-0.15, -0.1) is 0 Å². The molecule has 130 valence electrons. The first kappa shape index (κ1) is 17.7. The molecule has 1 N–H and O–H groups in total. The first-order valence-corrected chi connectivity index (χ1v) is 9.39. The van der Waals surface area contributed by atoms with Gasteiger partial charge >= 0.3 is 6.03 Å². The van der Waals surface area contributed by atoms with Crippen molar-refractivity contribution < 1.29 is 13.2 Å². The maximum atomic E-state index is 12.3. The summed E-state index contributed by atoms with van der Waals surface area (Å²) in [6.07, 6.45) is 1.76. The highest BCUT2D eigenvalue weighted by molar-refractivity contribution is 7.89. The largest absolute Gasteiger partial charge is 0.331 e. The summed E-state index contributed by atoms with van der Waals surface area (Å²) in [5.74, 6) is 0.0938. The molecule has 0 radical (unpaired) electrons. The highest BCUT2D eigenvalue weighted by atomic mass is 32.2. The molecule has 8 nitrogen and oxygen atoms in total. The van der Waals surface area contributed by atoms with E-state index in [0.717, 1.165) is 11.3 Å². The van der Waals surface area contributed by atoms with Gasteiger partial charge in [-0.3, -0.25) is 4.68 Å². The van der Waals surface area contributed by atoms with E-state index in [1.54, 1.807) is 22.7 Å². The van der Waals surface area contributed by atoms with Gasteiger partial charge in [0.15, 0.2) is 0 Å². The number of piperazine rings is 1. The first-order valence-electron chi connectivity index (χ1n) is 7.78. The monoisotopic (exact) mass is 343 g/mol. The molecule has 1 aromatic heterocycles. The molecule has 0 spiro atoms. The summed E-state index contributed by atoms with van der Waals surface area (Å²) in [6.45, 7) is 7.02. The Labute approximate surface area is 137 Å². The molecule has 0 aliphatic carbocycles. The normalized spacial score (nSPS) is 18.0. The number of carbonyl (C=O) groups is 1. The number of aryl methyl sites for hydroxylation is 1. The maximum Gasteiger partial charge on any atom is 0.317 e. The Balaban J connectivity index is 1.92. The van der Waals surface area contributed by atoms with Gasteiger partial charge in [-0.05, 0) is 20.8 Å². The molecule has 2 amide bonds. The van der Waals surface area contributed by atoms with Crippen LogP contribution in [-0.2, 0) is 17.1 Å². The van der Waals surface area contributed by atoms with Crippen molar-refractivity contribution >= 4 is 16.1 Å². The number of hydrogen-bond donors (Lipinski definition) is 1. The van der Waals surface area contributed by atoms with Crippen LogP contribution in [0.15, 0.2) is 6.20 Å². The average molecular weight is 343 g/mol. The number of urea groups is 1. The maximum absolute atomic E-state index is 12.3. The lowest BCUT2D eigenvalue weighted by Gasteiger charge is -2.34. The van der Waals surface area contributed by atoms with Crippen molar-refractivity contribution in [3.8, 4) is 0 Å². The number of rotatable bonds is 4. The third-order valence-corrected chi connectivity index (χ3v) is 6.25. The molecule has 0 aromatic carbocycles. The second-order valence-corrected chi connectivity index (χ2v) is 8.02. The summed E-state index contributed by atoms with van der Waals surface area (Å²) >= 11 is 0. The molecule has 1 unspecified atom stereocenters. The fraction of sp³-hybridized carbons (Fsp3) is 0.714. The summed E-state index contributed by atoms with van der Waals surface area (Å²) < 4.78 is 26.9. The lowest BCUT2D eigenvalue weighted by Crippen LogP contribution is -2.53. The van der Waals surface area contributed by atoms with Gasteiger partial charge in [-0.1, -0.05) is 0 Å². The summed E-state index contributed by atoms with van der Waals surface area (Å²) in [5, 5.41) is 7.14. The van der Waals surface area contributed by atoms with E-state index in [-0.39, 0.29) is 17.8 Å². The summed E-state index contributed by atoms with van der Waals surface area (Å²) in [6, 6.07) is -0.317. The fourth-order valence-corrected chi connectivity index (χ4v) is 3.73. The van der Waals surface area contributed by atoms with Crippen molar-refractivity contribution in [3.05, 3.63) is 17.5 Å². The number of nitrogens with one attached hydrogen (secondary N) is 1. The lowest BCUT2D eigenvalue weighted by atomic mass is 10.1. The summed E-state index contributed by atoms with van der Waals surface area (Å²) in [5.41, 5.74) is 1.99. The number of aromatic nitrogens is 2. The van der Waals surface area contributed by atoms with Crippen molar-refractivity contribution in [1.82, 2.24) is 24.3 Å². The topological polar surface area (TPSA) is 87.5 Å². The minimum Gasteiger partial charge on any atom is -0.331 e. The molecular weight excluding hydrogens is 318 g/mol. The minimum absolute atomic E-state index is 0.0938. The highest BCUT2D eigenvalue weighted by Crippen LogP contribution is 2.17. The standard InChI is InChI=1S/C14H25N5O3S/c1-5-23(21,22)19-8-6-18(7-9-19)14(20)16-11(2)13-10-15-17(4)12(13)3/h10-11H,5-9H2,1-4H3,(H,16,20). The number of nitrogens with zero attached hydrogens (tertiary/aromatic N) is 4. The van der Waals surface area contributed by atoms with Crippen LogP contribution in [0.5, 0.6) is 0 Å². The van der Waals surface area contributed by atoms with Gasteiger partial charge in [0.25, 0.3) is 0 Å². The molecule has 2 heterocycles. The van der Waals surface area contributed by atoms with Crippen molar-refractivity contribution in [3.63, 3.8) is 0 Å². The zero-order valence-electron chi connectivity index (χ0n) is 14.1. The fourth-order valence-electron chi connectivity index (χ4n) is 2.65. The van der Waals surface area contributed by atoms with Gasteiger partial charge < -0.3 is 10.2 Å². The van der Waals surface area contributed by atoms with Crippen LogP contribution >= 0.6 is 0 Å². The van der Waals surface area contributed by atoms with Gasteiger partial charge in [0.2, 0.25) is 10.0 Å². The third kappa shape index (κ3) is 3.84. The highest BCUT2D eigenvalue weighted by Gasteiger charge is 2.28. The molecule has 1 fully saturated rings. The van der Waals surface area contributed by atoms with Crippen LogP contribution < -0.4 is 5.32 Å². The van der Waals surface area contributed by atoms with Gasteiger partial charge in [0.05, 0.1) is 18.0 Å². The van der Waals surface area contributed by atoms with Crippen LogP contribution in [-0.4, -0.2) is 65.4 Å². The Hall–Kier alpha value is -1.61. The van der Waals surface area contributed by atoms with Crippen molar-refractivity contribution in [2.75, 3.05) is 31.9 Å². The van der Waals surface area contributed by atoms with E-state index in [2.05, 4.69) is 10.4 Å².